The average Bonchev–Trinajstić information content (AvgIpc) is 2.13. The van der Waals surface area contributed by atoms with Crippen molar-refractivity contribution in [2.24, 2.45) is 0 Å². The summed E-state index contributed by atoms with van der Waals surface area (Å²) in [4.78, 5) is 10.9. The molecule has 0 bridgehead atoms. The quantitative estimate of drug-likeness (QED) is 0.363. The molecule has 0 N–H and O–H groups in total. The molecular formula is C6H8ClNOS. The molecule has 1 atom stereocenters. The van der Waals surface area contributed by atoms with Crippen molar-refractivity contribution < 1.29 is 4.79 Å². The van der Waals surface area contributed by atoms with Crippen molar-refractivity contribution in [1.82, 2.24) is 4.31 Å². The van der Waals surface area contributed by atoms with Gasteiger partial charge in [0.25, 0.3) is 0 Å². The van der Waals surface area contributed by atoms with Gasteiger partial charge in [0.1, 0.15) is 4.71 Å². The third-order valence-electron chi connectivity index (χ3n) is 1.15. The van der Waals surface area contributed by atoms with E-state index in [1.165, 1.54) is 11.9 Å². The van der Waals surface area contributed by atoms with Gasteiger partial charge in [0, 0.05) is 0 Å². The highest BCUT2D eigenvalue weighted by atomic mass is 35.5. The first-order valence-electron chi connectivity index (χ1n) is 2.96. The second-order valence-corrected chi connectivity index (χ2v) is 3.97. The Bertz CT molecular complexity index is 162. The van der Waals surface area contributed by atoms with Gasteiger partial charge in [0.05, 0.1) is 13.0 Å². The first-order chi connectivity index (χ1) is 4.74. The van der Waals surface area contributed by atoms with E-state index in [0.717, 1.165) is 0 Å². The lowest BCUT2D eigenvalue weighted by Gasteiger charge is -2.09. The highest BCUT2D eigenvalue weighted by Gasteiger charge is 2.27. The summed E-state index contributed by atoms with van der Waals surface area (Å²) in [5.74, 6) is 0.102. The Hall–Kier alpha value is -0.150. The molecule has 1 rings (SSSR count). The average molecular weight is 178 g/mol. The molecule has 56 valence electrons. The van der Waals surface area contributed by atoms with Gasteiger partial charge >= 0.3 is 0 Å². The van der Waals surface area contributed by atoms with E-state index in [0.29, 0.717) is 13.0 Å². The molecule has 10 heavy (non-hydrogen) atoms. The van der Waals surface area contributed by atoms with E-state index in [1.807, 2.05) is 0 Å². The van der Waals surface area contributed by atoms with Crippen LogP contribution in [-0.4, -0.2) is 21.5 Å². The largest absolute Gasteiger partial charge is 0.281 e. The van der Waals surface area contributed by atoms with Crippen LogP contribution in [0.4, 0.5) is 0 Å². The topological polar surface area (TPSA) is 20.3 Å². The van der Waals surface area contributed by atoms with Gasteiger partial charge in [-0.2, -0.15) is 0 Å². The molecule has 0 aromatic rings. The van der Waals surface area contributed by atoms with Crippen LogP contribution in [0.25, 0.3) is 0 Å². The zero-order valence-corrected chi connectivity index (χ0v) is 6.99. The van der Waals surface area contributed by atoms with Crippen LogP contribution in [-0.2, 0) is 4.79 Å². The Morgan fingerprint density at radius 2 is 2.70 bits per heavy atom. The van der Waals surface area contributed by atoms with E-state index in [2.05, 4.69) is 6.58 Å². The van der Waals surface area contributed by atoms with Crippen LogP contribution in [0.5, 0.6) is 0 Å². The fraction of sp³-hybridized carbons (Fsp3) is 0.500. The second kappa shape index (κ2) is 3.30. The molecule has 0 radical (unpaired) electrons. The number of halogens is 1. The number of carbonyl (C=O) groups excluding carboxylic acids is 1. The second-order valence-electron chi connectivity index (χ2n) is 1.96. The highest BCUT2D eigenvalue weighted by molar-refractivity contribution is 7.99. The number of alkyl halides is 1. The van der Waals surface area contributed by atoms with Crippen molar-refractivity contribution in [3.63, 3.8) is 0 Å². The molecule has 1 saturated heterocycles. The minimum absolute atomic E-state index is 0.0764. The molecule has 1 unspecified atom stereocenters. The van der Waals surface area contributed by atoms with E-state index in [9.17, 15) is 4.79 Å². The molecule has 0 aliphatic carbocycles. The van der Waals surface area contributed by atoms with Gasteiger partial charge in [-0.3, -0.25) is 9.10 Å². The Morgan fingerprint density at radius 1 is 2.00 bits per heavy atom. The molecule has 1 aliphatic heterocycles. The van der Waals surface area contributed by atoms with E-state index in [1.54, 1.807) is 10.4 Å². The molecule has 2 nitrogen and oxygen atoms in total. The zero-order chi connectivity index (χ0) is 7.56. The third kappa shape index (κ3) is 1.67. The molecule has 1 aliphatic rings. The van der Waals surface area contributed by atoms with Crippen molar-refractivity contribution >= 4 is 29.5 Å². The third-order valence-corrected chi connectivity index (χ3v) is 2.55. The van der Waals surface area contributed by atoms with Gasteiger partial charge in [-0.15, -0.1) is 18.2 Å². The van der Waals surface area contributed by atoms with Crippen LogP contribution < -0.4 is 0 Å². The Morgan fingerprint density at radius 3 is 3.10 bits per heavy atom. The molecule has 0 saturated carbocycles. The summed E-state index contributed by atoms with van der Waals surface area (Å²) in [6.07, 6.45) is 2.14. The number of hydrogen-bond donors (Lipinski definition) is 0. The van der Waals surface area contributed by atoms with Crippen LogP contribution in [0.2, 0.25) is 0 Å². The Labute approximate surface area is 69.4 Å². The van der Waals surface area contributed by atoms with Crippen molar-refractivity contribution in [3.05, 3.63) is 12.7 Å². The monoisotopic (exact) mass is 177 g/mol. The fourth-order valence-corrected chi connectivity index (χ4v) is 2.03. The van der Waals surface area contributed by atoms with Crippen LogP contribution in [0, 0.1) is 0 Å². The lowest BCUT2D eigenvalue weighted by molar-refractivity contribution is -0.124. The summed E-state index contributed by atoms with van der Waals surface area (Å²) in [6, 6.07) is 0. The van der Waals surface area contributed by atoms with Crippen LogP contribution >= 0.6 is 23.5 Å². The van der Waals surface area contributed by atoms with Crippen molar-refractivity contribution in [1.29, 1.82) is 0 Å². The number of hydrogen-bond acceptors (Lipinski definition) is 2. The minimum Gasteiger partial charge on any atom is -0.281 e. The maximum Gasteiger partial charge on any atom is 0.235 e. The summed E-state index contributed by atoms with van der Waals surface area (Å²) in [5, 5.41) is 0. The van der Waals surface area contributed by atoms with E-state index in [-0.39, 0.29) is 10.6 Å². The zero-order valence-electron chi connectivity index (χ0n) is 5.42. The maximum absolute atomic E-state index is 10.9. The predicted octanol–water partition coefficient (Wildman–Crippen LogP) is 1.62. The van der Waals surface area contributed by atoms with Crippen molar-refractivity contribution in [2.75, 3.05) is 6.54 Å². The van der Waals surface area contributed by atoms with Gasteiger partial charge in [-0.05, 0) is 11.9 Å². The van der Waals surface area contributed by atoms with Gasteiger partial charge in [0.2, 0.25) is 5.91 Å². The van der Waals surface area contributed by atoms with Crippen LogP contribution in [0.3, 0.4) is 0 Å². The van der Waals surface area contributed by atoms with E-state index in [4.69, 9.17) is 11.6 Å². The Balaban J connectivity index is 2.46. The lowest BCUT2D eigenvalue weighted by atomic mass is 10.4. The summed E-state index contributed by atoms with van der Waals surface area (Å²) in [6.45, 7) is 4.12. The standard InChI is InChI=1S/C6H8ClNOS/c1-2-3-8-6(9)4-5(7)10-8/h2,5H,1,3-4H2. The normalized spacial score (nSPS) is 25.5. The lowest BCUT2D eigenvalue weighted by Crippen LogP contribution is -2.17. The highest BCUT2D eigenvalue weighted by Crippen LogP contribution is 2.31. The van der Waals surface area contributed by atoms with E-state index < -0.39 is 0 Å². The number of rotatable bonds is 2. The molecule has 0 spiro atoms. The van der Waals surface area contributed by atoms with Gasteiger partial charge in [0.15, 0.2) is 0 Å². The predicted molar refractivity (Wildman–Crippen MR) is 43.8 cm³/mol. The maximum atomic E-state index is 10.9. The number of carbonyl (C=O) groups is 1. The summed E-state index contributed by atoms with van der Waals surface area (Å²) in [5.41, 5.74) is 0. The molecule has 1 fully saturated rings. The van der Waals surface area contributed by atoms with Gasteiger partial charge in [-0.25, -0.2) is 0 Å². The first-order valence-corrected chi connectivity index (χ1v) is 4.23. The van der Waals surface area contributed by atoms with E-state index >= 15 is 0 Å². The van der Waals surface area contributed by atoms with Gasteiger partial charge in [-0.1, -0.05) is 6.08 Å². The number of amides is 1. The van der Waals surface area contributed by atoms with Crippen LogP contribution in [0.1, 0.15) is 6.42 Å². The molecular weight excluding hydrogens is 170 g/mol. The Kier molecular flexibility index (Phi) is 2.63. The van der Waals surface area contributed by atoms with Gasteiger partial charge < -0.3 is 0 Å². The smallest absolute Gasteiger partial charge is 0.235 e. The molecule has 0 aromatic carbocycles. The SMILES string of the molecule is C=CCN1SC(Cl)CC1=O. The number of nitrogens with zero attached hydrogens (tertiary/aromatic N) is 1. The molecule has 4 heteroatoms. The minimum atomic E-state index is -0.0764. The first kappa shape index (κ1) is 7.95. The van der Waals surface area contributed by atoms with Crippen molar-refractivity contribution in [2.45, 2.75) is 11.1 Å². The summed E-state index contributed by atoms with van der Waals surface area (Å²) < 4.78 is 1.55. The van der Waals surface area contributed by atoms with Crippen molar-refractivity contribution in [3.8, 4) is 0 Å². The molecule has 0 aromatic heterocycles. The molecule has 1 amide bonds. The van der Waals surface area contributed by atoms with Crippen LogP contribution in [0.15, 0.2) is 12.7 Å². The summed E-state index contributed by atoms with van der Waals surface area (Å²) >= 11 is 7.08. The molecule has 1 heterocycles. The fourth-order valence-electron chi connectivity index (χ4n) is 0.735. The summed E-state index contributed by atoms with van der Waals surface area (Å²) in [7, 11) is 0.